The zero-order valence-electron chi connectivity index (χ0n) is 7.18. The summed E-state index contributed by atoms with van der Waals surface area (Å²) >= 11 is 0. The van der Waals surface area contributed by atoms with Gasteiger partial charge in [0.25, 0.3) is 0 Å². The molecule has 1 heterocycles. The van der Waals surface area contributed by atoms with E-state index in [2.05, 4.69) is 9.87 Å². The minimum Gasteiger partial charge on any atom is -0.296 e. The summed E-state index contributed by atoms with van der Waals surface area (Å²) in [6.07, 6.45) is 1.67. The molecular formula is C10H7NO3. The maximum atomic E-state index is 11.0. The van der Waals surface area contributed by atoms with E-state index in [1.54, 1.807) is 30.5 Å². The Labute approximate surface area is 79.7 Å². The van der Waals surface area contributed by atoms with Crippen LogP contribution >= 0.6 is 0 Å². The zero-order chi connectivity index (χ0) is 9.97. The number of pyridine rings is 1. The van der Waals surface area contributed by atoms with Gasteiger partial charge in [0.05, 0.1) is 11.1 Å². The van der Waals surface area contributed by atoms with E-state index in [0.29, 0.717) is 5.56 Å². The summed E-state index contributed by atoms with van der Waals surface area (Å²) in [6, 6.07) is 8.46. The highest BCUT2D eigenvalue weighted by Gasteiger charge is 2.06. The van der Waals surface area contributed by atoms with E-state index < -0.39 is 5.97 Å². The second kappa shape index (κ2) is 3.43. The average Bonchev–Trinajstić information content (AvgIpc) is 2.27. The fourth-order valence-electron chi connectivity index (χ4n) is 1.26. The minimum atomic E-state index is -0.768. The maximum Gasteiger partial charge on any atom is 0.372 e. The van der Waals surface area contributed by atoms with Crippen LogP contribution in [-0.2, 0) is 4.89 Å². The van der Waals surface area contributed by atoms with Gasteiger partial charge in [0.1, 0.15) is 0 Å². The molecule has 0 amide bonds. The number of aromatic nitrogens is 1. The van der Waals surface area contributed by atoms with Crippen molar-refractivity contribution < 1.29 is 14.9 Å². The fraction of sp³-hybridized carbons (Fsp3) is 0. The van der Waals surface area contributed by atoms with Crippen molar-refractivity contribution in [3.8, 4) is 0 Å². The third-order valence-electron chi connectivity index (χ3n) is 1.92. The number of hydrogen-bond donors (Lipinski definition) is 1. The lowest BCUT2D eigenvalue weighted by Gasteiger charge is -1.99. The zero-order valence-corrected chi connectivity index (χ0v) is 7.18. The summed E-state index contributed by atoms with van der Waals surface area (Å²) in [5.74, 6) is -0.768. The van der Waals surface area contributed by atoms with Gasteiger partial charge < -0.3 is 0 Å². The van der Waals surface area contributed by atoms with Crippen LogP contribution in [0.25, 0.3) is 10.9 Å². The van der Waals surface area contributed by atoms with Crippen LogP contribution in [0.2, 0.25) is 0 Å². The topological polar surface area (TPSA) is 59.4 Å². The molecule has 1 aromatic carbocycles. The molecule has 0 aliphatic rings. The Balaban J connectivity index is 2.56. The molecule has 70 valence electrons. The molecule has 0 atom stereocenters. The van der Waals surface area contributed by atoms with E-state index in [1.165, 1.54) is 0 Å². The van der Waals surface area contributed by atoms with Crippen LogP contribution in [0.1, 0.15) is 10.4 Å². The molecule has 0 saturated carbocycles. The van der Waals surface area contributed by atoms with Crippen LogP contribution < -0.4 is 0 Å². The number of hydrogen-bond acceptors (Lipinski definition) is 4. The van der Waals surface area contributed by atoms with Crippen molar-refractivity contribution in [3.63, 3.8) is 0 Å². The monoisotopic (exact) mass is 189 g/mol. The van der Waals surface area contributed by atoms with Crippen molar-refractivity contribution in [1.82, 2.24) is 4.98 Å². The van der Waals surface area contributed by atoms with Gasteiger partial charge in [-0.25, -0.2) is 4.79 Å². The van der Waals surface area contributed by atoms with Crippen LogP contribution in [0.15, 0.2) is 36.5 Å². The second-order valence-electron chi connectivity index (χ2n) is 2.79. The molecule has 0 unspecified atom stereocenters. The van der Waals surface area contributed by atoms with Gasteiger partial charge >= 0.3 is 5.97 Å². The summed E-state index contributed by atoms with van der Waals surface area (Å²) in [4.78, 5) is 18.7. The van der Waals surface area contributed by atoms with Crippen LogP contribution in [0.4, 0.5) is 0 Å². The Morgan fingerprint density at radius 2 is 2.21 bits per heavy atom. The third kappa shape index (κ3) is 1.43. The maximum absolute atomic E-state index is 11.0. The SMILES string of the molecule is O=C(OO)c1ccc2ncccc2c1. The number of nitrogens with zero attached hydrogens (tertiary/aromatic N) is 1. The number of benzene rings is 1. The Kier molecular flexibility index (Phi) is 2.12. The van der Waals surface area contributed by atoms with Gasteiger partial charge in [0, 0.05) is 11.6 Å². The van der Waals surface area contributed by atoms with E-state index in [4.69, 9.17) is 5.26 Å². The van der Waals surface area contributed by atoms with Crippen molar-refractivity contribution in [3.05, 3.63) is 42.1 Å². The van der Waals surface area contributed by atoms with Crippen molar-refractivity contribution >= 4 is 16.9 Å². The van der Waals surface area contributed by atoms with Crippen LogP contribution in [0, 0.1) is 0 Å². The molecule has 1 N–H and O–H groups in total. The highest BCUT2D eigenvalue weighted by molar-refractivity contribution is 5.93. The summed E-state index contributed by atoms with van der Waals surface area (Å²) in [6.45, 7) is 0. The van der Waals surface area contributed by atoms with Crippen molar-refractivity contribution in [2.45, 2.75) is 0 Å². The largest absolute Gasteiger partial charge is 0.372 e. The van der Waals surface area contributed by atoms with E-state index in [-0.39, 0.29) is 0 Å². The Morgan fingerprint density at radius 3 is 3.00 bits per heavy atom. The second-order valence-corrected chi connectivity index (χ2v) is 2.79. The Hall–Kier alpha value is -1.94. The summed E-state index contributed by atoms with van der Waals surface area (Å²) < 4.78 is 0. The molecule has 0 fully saturated rings. The smallest absolute Gasteiger partial charge is 0.296 e. The van der Waals surface area contributed by atoms with E-state index >= 15 is 0 Å². The molecular weight excluding hydrogens is 182 g/mol. The predicted octanol–water partition coefficient (Wildman–Crippen LogP) is 1.86. The fourth-order valence-corrected chi connectivity index (χ4v) is 1.26. The molecule has 0 bridgehead atoms. The number of carbonyl (C=O) groups excluding carboxylic acids is 1. The Morgan fingerprint density at radius 1 is 1.36 bits per heavy atom. The van der Waals surface area contributed by atoms with Crippen molar-refractivity contribution in [2.24, 2.45) is 0 Å². The molecule has 0 radical (unpaired) electrons. The number of rotatable bonds is 1. The molecule has 0 aliphatic carbocycles. The summed E-state index contributed by atoms with van der Waals surface area (Å²) in [7, 11) is 0. The van der Waals surface area contributed by atoms with Gasteiger partial charge in [0.2, 0.25) is 0 Å². The van der Waals surface area contributed by atoms with Crippen molar-refractivity contribution in [1.29, 1.82) is 0 Å². The minimum absolute atomic E-state index is 0.299. The molecule has 0 saturated heterocycles. The van der Waals surface area contributed by atoms with Gasteiger partial charge in [-0.3, -0.25) is 9.87 Å². The lowest BCUT2D eigenvalue weighted by atomic mass is 10.1. The predicted molar refractivity (Wildman–Crippen MR) is 49.8 cm³/mol. The lowest BCUT2D eigenvalue weighted by molar-refractivity contribution is -0.182. The van der Waals surface area contributed by atoms with Gasteiger partial charge in [0.15, 0.2) is 0 Å². The molecule has 0 aliphatic heterocycles. The molecule has 0 spiro atoms. The normalized spacial score (nSPS) is 10.1. The van der Waals surface area contributed by atoms with E-state index in [9.17, 15) is 4.79 Å². The first-order valence-corrected chi connectivity index (χ1v) is 4.02. The first-order valence-electron chi connectivity index (χ1n) is 4.02. The summed E-state index contributed by atoms with van der Waals surface area (Å²) in [5, 5.41) is 9.02. The van der Waals surface area contributed by atoms with Gasteiger partial charge in [-0.05, 0) is 24.3 Å². The highest BCUT2D eigenvalue weighted by Crippen LogP contribution is 2.13. The molecule has 2 aromatic rings. The molecule has 4 nitrogen and oxygen atoms in total. The molecule has 2 rings (SSSR count). The average molecular weight is 189 g/mol. The van der Waals surface area contributed by atoms with Crippen molar-refractivity contribution in [2.75, 3.05) is 0 Å². The van der Waals surface area contributed by atoms with Gasteiger partial charge in [-0.1, -0.05) is 6.07 Å². The number of fused-ring (bicyclic) bond motifs is 1. The van der Waals surface area contributed by atoms with Crippen LogP contribution in [0.5, 0.6) is 0 Å². The lowest BCUT2D eigenvalue weighted by Crippen LogP contribution is -2.00. The van der Waals surface area contributed by atoms with Gasteiger partial charge in [-0.15, -0.1) is 0 Å². The van der Waals surface area contributed by atoms with E-state index in [0.717, 1.165) is 10.9 Å². The third-order valence-corrected chi connectivity index (χ3v) is 1.92. The first kappa shape index (κ1) is 8.65. The van der Waals surface area contributed by atoms with Gasteiger partial charge in [-0.2, -0.15) is 5.26 Å². The summed E-state index contributed by atoms with van der Waals surface area (Å²) in [5.41, 5.74) is 1.09. The molecule has 4 heteroatoms. The standard InChI is InChI=1S/C10H7NO3/c12-10(14-13)8-3-4-9-7(6-8)2-1-5-11-9/h1-6,13H. The first-order chi connectivity index (χ1) is 6.81. The van der Waals surface area contributed by atoms with E-state index in [1.807, 2.05) is 6.07 Å². The Bertz CT molecular complexity index is 482. The highest BCUT2D eigenvalue weighted by atomic mass is 17.1. The molecule has 14 heavy (non-hydrogen) atoms. The van der Waals surface area contributed by atoms with Crippen LogP contribution in [-0.4, -0.2) is 16.2 Å². The molecule has 1 aromatic heterocycles. The van der Waals surface area contributed by atoms with Crippen LogP contribution in [0.3, 0.4) is 0 Å². The quantitative estimate of drug-likeness (QED) is 0.549. The number of carbonyl (C=O) groups is 1.